The Bertz CT molecular complexity index is 665. The Balaban J connectivity index is 6.61. The second-order valence-electron chi connectivity index (χ2n) is 4.57. The highest BCUT2D eigenvalue weighted by molar-refractivity contribution is 7.88. The van der Waals surface area contributed by atoms with Crippen LogP contribution in [0.5, 0.6) is 0 Å². The number of hydrogen-bond donors (Lipinski definition) is 2. The molecule has 0 saturated heterocycles. The third-order valence-corrected chi connectivity index (χ3v) is 4.02. The minimum absolute atomic E-state index is 0.341. The summed E-state index contributed by atoms with van der Waals surface area (Å²) in [5, 5.41) is -14.3. The van der Waals surface area contributed by atoms with Crippen molar-refractivity contribution >= 4 is 20.2 Å². The van der Waals surface area contributed by atoms with Crippen molar-refractivity contribution in [3.63, 3.8) is 0 Å². The van der Waals surface area contributed by atoms with E-state index >= 15 is 0 Å². The smallest absolute Gasteiger partial charge is 0.281 e. The van der Waals surface area contributed by atoms with Crippen molar-refractivity contribution < 1.29 is 70.2 Å². The molecule has 0 aliphatic rings. The monoisotopic (exact) mass is 438 g/mol. The molecule has 0 aromatic carbocycles. The standard InChI is InChI=1S/C7H7F9O7S2/c1-3(8,9)2-4(10,11)23-5(12,6(13,14)24(17,18)19)7(15,16)25(20,21)22/h2H2,1H3,(H,17,18,19)(H,20,21,22). The fourth-order valence-corrected chi connectivity index (χ4v) is 2.29. The van der Waals surface area contributed by atoms with Crippen LogP contribution < -0.4 is 0 Å². The van der Waals surface area contributed by atoms with E-state index in [0.29, 0.717) is 0 Å². The predicted molar refractivity (Wildman–Crippen MR) is 58.1 cm³/mol. The van der Waals surface area contributed by atoms with Gasteiger partial charge in [0.1, 0.15) is 6.42 Å². The first-order chi connectivity index (χ1) is 10.4. The summed E-state index contributed by atoms with van der Waals surface area (Å²) >= 11 is 0. The van der Waals surface area contributed by atoms with Crippen LogP contribution in [0.2, 0.25) is 0 Å². The molecule has 0 aliphatic carbocycles. The van der Waals surface area contributed by atoms with Crippen LogP contribution in [0.3, 0.4) is 0 Å². The molecule has 0 amide bonds. The lowest BCUT2D eigenvalue weighted by Gasteiger charge is -2.37. The maximum atomic E-state index is 13.9. The van der Waals surface area contributed by atoms with E-state index < -0.39 is 55.1 Å². The van der Waals surface area contributed by atoms with Gasteiger partial charge in [-0.1, -0.05) is 0 Å². The van der Waals surface area contributed by atoms with Gasteiger partial charge in [-0.05, 0) is 6.92 Å². The molecule has 7 nitrogen and oxygen atoms in total. The van der Waals surface area contributed by atoms with Crippen LogP contribution in [0.15, 0.2) is 0 Å². The molecule has 0 heterocycles. The zero-order chi connectivity index (χ0) is 20.9. The quantitative estimate of drug-likeness (QED) is 0.441. The van der Waals surface area contributed by atoms with E-state index in [2.05, 4.69) is 4.74 Å². The lowest BCUT2D eigenvalue weighted by Crippen LogP contribution is -2.66. The molecule has 0 spiro atoms. The number of hydrogen-bond acceptors (Lipinski definition) is 5. The number of halogens is 9. The van der Waals surface area contributed by atoms with Crippen molar-refractivity contribution in [3.8, 4) is 0 Å². The largest absolute Gasteiger partial charge is 0.434 e. The molecule has 0 aromatic heterocycles. The van der Waals surface area contributed by atoms with E-state index in [4.69, 9.17) is 9.11 Å². The fourth-order valence-electron chi connectivity index (χ4n) is 1.22. The van der Waals surface area contributed by atoms with Crippen molar-refractivity contribution in [1.82, 2.24) is 0 Å². The highest BCUT2D eigenvalue weighted by Crippen LogP contribution is 2.53. The average molecular weight is 438 g/mol. The Kier molecular flexibility index (Phi) is 5.89. The van der Waals surface area contributed by atoms with Gasteiger partial charge in [0.2, 0.25) is 0 Å². The first kappa shape index (κ1) is 24.1. The molecule has 0 bridgehead atoms. The Morgan fingerprint density at radius 3 is 1.24 bits per heavy atom. The summed E-state index contributed by atoms with van der Waals surface area (Å²) in [5.74, 6) is -11.8. The molecule has 0 aromatic rings. The summed E-state index contributed by atoms with van der Waals surface area (Å²) in [6, 6.07) is 0. The Morgan fingerprint density at radius 2 is 1.04 bits per heavy atom. The van der Waals surface area contributed by atoms with E-state index in [1.54, 1.807) is 0 Å². The number of ether oxygens (including phenoxy) is 1. The SMILES string of the molecule is CC(F)(F)CC(F)(F)OC(F)(C(F)(F)S(=O)(=O)O)C(F)(F)S(=O)(=O)O. The number of rotatable bonds is 8. The highest BCUT2D eigenvalue weighted by atomic mass is 32.2. The molecule has 18 heteroatoms. The molecular weight excluding hydrogens is 431 g/mol. The molecule has 2 N–H and O–H groups in total. The van der Waals surface area contributed by atoms with Crippen molar-refractivity contribution in [2.45, 2.75) is 41.7 Å². The van der Waals surface area contributed by atoms with Gasteiger partial charge in [0.25, 0.3) is 5.92 Å². The highest BCUT2D eigenvalue weighted by Gasteiger charge is 2.84. The minimum Gasteiger partial charge on any atom is -0.281 e. The third-order valence-electron chi connectivity index (χ3n) is 2.20. The normalized spacial score (nSPS) is 16.2. The lowest BCUT2D eigenvalue weighted by molar-refractivity contribution is -0.412. The van der Waals surface area contributed by atoms with Gasteiger partial charge in [0.05, 0.1) is 0 Å². The van der Waals surface area contributed by atoms with Gasteiger partial charge in [0.15, 0.2) is 0 Å². The van der Waals surface area contributed by atoms with Gasteiger partial charge in [-0.15, -0.1) is 0 Å². The van der Waals surface area contributed by atoms with Crippen molar-refractivity contribution in [1.29, 1.82) is 0 Å². The predicted octanol–water partition coefficient (Wildman–Crippen LogP) is 2.27. The maximum absolute atomic E-state index is 13.9. The van der Waals surface area contributed by atoms with E-state index in [9.17, 15) is 56.3 Å². The van der Waals surface area contributed by atoms with Crippen LogP contribution >= 0.6 is 0 Å². The lowest BCUT2D eigenvalue weighted by atomic mass is 10.2. The maximum Gasteiger partial charge on any atom is 0.434 e. The van der Waals surface area contributed by atoms with Crippen LogP contribution in [0.25, 0.3) is 0 Å². The second-order valence-corrected chi connectivity index (χ2v) is 7.49. The van der Waals surface area contributed by atoms with Crippen LogP contribution in [0.1, 0.15) is 13.3 Å². The van der Waals surface area contributed by atoms with E-state index in [0.717, 1.165) is 0 Å². The van der Waals surface area contributed by atoms with Gasteiger partial charge in [-0.25, -0.2) is 8.78 Å². The zero-order valence-electron chi connectivity index (χ0n) is 11.4. The third kappa shape index (κ3) is 4.66. The molecule has 0 unspecified atom stereocenters. The fraction of sp³-hybridized carbons (Fsp3) is 1.00. The average Bonchev–Trinajstić information content (AvgIpc) is 2.20. The van der Waals surface area contributed by atoms with Crippen molar-refractivity contribution in [2.24, 2.45) is 0 Å². The van der Waals surface area contributed by atoms with Gasteiger partial charge in [0, 0.05) is 0 Å². The van der Waals surface area contributed by atoms with Gasteiger partial charge in [-0.3, -0.25) is 13.8 Å². The summed E-state index contributed by atoms with van der Waals surface area (Å²) in [6.45, 7) is -0.341. The Hall–Kier alpha value is -0.850. The summed E-state index contributed by atoms with van der Waals surface area (Å²) in [4.78, 5) is 0. The molecule has 0 atom stereocenters. The Morgan fingerprint density at radius 1 is 0.760 bits per heavy atom. The van der Waals surface area contributed by atoms with Crippen LogP contribution in [0, 0.1) is 0 Å². The molecule has 0 fully saturated rings. The van der Waals surface area contributed by atoms with Gasteiger partial charge < -0.3 is 0 Å². The summed E-state index contributed by atoms with van der Waals surface area (Å²) in [5.41, 5.74) is 0. The molecule has 0 aliphatic heterocycles. The summed E-state index contributed by atoms with van der Waals surface area (Å²) in [7, 11) is -14.9. The van der Waals surface area contributed by atoms with Crippen LogP contribution in [-0.4, -0.2) is 54.3 Å². The molecule has 0 rings (SSSR count). The summed E-state index contributed by atoms with van der Waals surface area (Å²) in [6.07, 6.45) is -9.11. The second kappa shape index (κ2) is 6.10. The molecule has 152 valence electrons. The first-order valence-corrected chi connectivity index (χ1v) is 8.14. The minimum atomic E-state index is -7.43. The first-order valence-electron chi connectivity index (χ1n) is 5.26. The van der Waals surface area contributed by atoms with E-state index in [1.165, 1.54) is 0 Å². The zero-order valence-corrected chi connectivity index (χ0v) is 13.0. The molecule has 0 saturated carbocycles. The molecular formula is C7H7F9O7S2. The summed E-state index contributed by atoms with van der Waals surface area (Å²) < 4.78 is 178. The van der Waals surface area contributed by atoms with Crippen molar-refractivity contribution in [3.05, 3.63) is 0 Å². The van der Waals surface area contributed by atoms with E-state index in [-0.39, 0.29) is 6.92 Å². The topological polar surface area (TPSA) is 118 Å². The van der Waals surface area contributed by atoms with Crippen LogP contribution in [0.4, 0.5) is 39.5 Å². The van der Waals surface area contributed by atoms with Crippen molar-refractivity contribution in [2.75, 3.05) is 0 Å². The molecule has 0 radical (unpaired) electrons. The van der Waals surface area contributed by atoms with Gasteiger partial charge in [-0.2, -0.15) is 47.6 Å². The Labute approximate surface area is 133 Å². The van der Waals surface area contributed by atoms with Gasteiger partial charge >= 0.3 is 42.7 Å². The van der Waals surface area contributed by atoms with Crippen LogP contribution in [-0.2, 0) is 25.0 Å². The van der Waals surface area contributed by atoms with E-state index in [1.807, 2.05) is 0 Å². The number of alkyl halides is 9. The molecule has 25 heavy (non-hydrogen) atoms.